The minimum Gasteiger partial charge on any atom is -0.355 e. The van der Waals surface area contributed by atoms with Gasteiger partial charge in [0.2, 0.25) is 11.8 Å². The average molecular weight is 326 g/mol. The quantitative estimate of drug-likeness (QED) is 0.775. The second kappa shape index (κ2) is 9.43. The fraction of sp³-hybridized carbons (Fsp3) is 0.500. The van der Waals surface area contributed by atoms with Gasteiger partial charge in [0.05, 0.1) is 0 Å². The molecule has 0 heterocycles. The Morgan fingerprint density at radius 1 is 1.18 bits per heavy atom. The van der Waals surface area contributed by atoms with Gasteiger partial charge in [-0.3, -0.25) is 9.59 Å². The summed E-state index contributed by atoms with van der Waals surface area (Å²) in [6, 6.07) is 9.42. The van der Waals surface area contributed by atoms with Crippen molar-refractivity contribution in [3.63, 3.8) is 0 Å². The topological polar surface area (TPSA) is 84.2 Å². The molecule has 0 aromatic heterocycles. The Kier molecular flexibility index (Phi) is 7.91. The molecule has 1 saturated carbocycles. The highest BCUT2D eigenvalue weighted by Crippen LogP contribution is 2.23. The second-order valence-electron chi connectivity index (χ2n) is 5.58. The number of halogens is 1. The third-order valence-corrected chi connectivity index (χ3v) is 3.79. The van der Waals surface area contributed by atoms with Crippen LogP contribution < -0.4 is 16.4 Å². The van der Waals surface area contributed by atoms with Crippen LogP contribution in [0.4, 0.5) is 5.69 Å². The van der Waals surface area contributed by atoms with E-state index in [1.54, 1.807) is 0 Å². The van der Waals surface area contributed by atoms with Gasteiger partial charge in [0, 0.05) is 30.6 Å². The Morgan fingerprint density at radius 2 is 1.91 bits per heavy atom. The average Bonchev–Trinajstić information content (AvgIpc) is 2.48. The number of rotatable bonds is 5. The molecular formula is C16H24ClN3O2. The number of benzene rings is 1. The second-order valence-corrected chi connectivity index (χ2v) is 5.58. The first-order valence-electron chi connectivity index (χ1n) is 7.53. The number of hydrogen-bond donors (Lipinski definition) is 3. The molecule has 1 aliphatic rings. The third kappa shape index (κ3) is 6.03. The van der Waals surface area contributed by atoms with Gasteiger partial charge in [-0.1, -0.05) is 24.6 Å². The molecular weight excluding hydrogens is 302 g/mol. The number of anilines is 1. The van der Waals surface area contributed by atoms with Crippen LogP contribution in [0, 0.1) is 5.92 Å². The Hall–Kier alpha value is -1.59. The Balaban J connectivity index is 0.00000242. The molecule has 0 saturated heterocycles. The first-order valence-corrected chi connectivity index (χ1v) is 7.53. The van der Waals surface area contributed by atoms with Gasteiger partial charge in [-0.2, -0.15) is 0 Å². The Morgan fingerprint density at radius 3 is 2.59 bits per heavy atom. The zero-order valence-electron chi connectivity index (χ0n) is 12.6. The van der Waals surface area contributed by atoms with Gasteiger partial charge in [-0.05, 0) is 31.4 Å². The largest absolute Gasteiger partial charge is 0.355 e. The Labute approximate surface area is 137 Å². The predicted molar refractivity (Wildman–Crippen MR) is 89.9 cm³/mol. The maximum absolute atomic E-state index is 12.0. The molecule has 5 nitrogen and oxygen atoms in total. The molecule has 2 amide bonds. The van der Waals surface area contributed by atoms with Crippen LogP contribution in [0.5, 0.6) is 0 Å². The fourth-order valence-electron chi connectivity index (χ4n) is 2.65. The summed E-state index contributed by atoms with van der Waals surface area (Å²) in [6.45, 7) is 0.364. The minimum absolute atomic E-state index is 0. The van der Waals surface area contributed by atoms with E-state index in [0.29, 0.717) is 6.54 Å². The van der Waals surface area contributed by atoms with Gasteiger partial charge >= 0.3 is 0 Å². The fourth-order valence-corrected chi connectivity index (χ4v) is 2.65. The highest BCUT2D eigenvalue weighted by Gasteiger charge is 2.24. The van der Waals surface area contributed by atoms with Crippen molar-refractivity contribution < 1.29 is 9.59 Å². The standard InChI is InChI=1S/C16H23N3O2.ClH/c17-13-6-4-5-12(11-13)16(21)18-10-9-15(20)19-14-7-2-1-3-8-14;/h1-3,7-8,12-13H,4-6,9-11,17H2,(H,18,21)(H,19,20);1H. The molecule has 2 rings (SSSR count). The maximum Gasteiger partial charge on any atom is 0.226 e. The summed E-state index contributed by atoms with van der Waals surface area (Å²) in [5, 5.41) is 5.63. The van der Waals surface area contributed by atoms with Crippen LogP contribution in [0.1, 0.15) is 32.1 Å². The highest BCUT2D eigenvalue weighted by atomic mass is 35.5. The van der Waals surface area contributed by atoms with E-state index in [0.717, 1.165) is 31.4 Å². The van der Waals surface area contributed by atoms with Crippen molar-refractivity contribution >= 4 is 29.9 Å². The van der Waals surface area contributed by atoms with Gasteiger partial charge in [0.1, 0.15) is 0 Å². The number of hydrogen-bond acceptors (Lipinski definition) is 3. The lowest BCUT2D eigenvalue weighted by molar-refractivity contribution is -0.126. The molecule has 22 heavy (non-hydrogen) atoms. The number of carbonyl (C=O) groups excluding carboxylic acids is 2. The molecule has 0 radical (unpaired) electrons. The van der Waals surface area contributed by atoms with Crippen molar-refractivity contribution in [1.82, 2.24) is 5.32 Å². The first kappa shape index (κ1) is 18.5. The molecule has 1 aromatic rings. The zero-order valence-corrected chi connectivity index (χ0v) is 13.4. The van der Waals surface area contributed by atoms with E-state index in [4.69, 9.17) is 5.73 Å². The lowest BCUT2D eigenvalue weighted by Crippen LogP contribution is -2.38. The smallest absolute Gasteiger partial charge is 0.226 e. The molecule has 1 aliphatic carbocycles. The molecule has 2 atom stereocenters. The third-order valence-electron chi connectivity index (χ3n) is 3.79. The molecule has 1 fully saturated rings. The summed E-state index contributed by atoms with van der Waals surface area (Å²) in [7, 11) is 0. The van der Waals surface area contributed by atoms with Gasteiger partial charge < -0.3 is 16.4 Å². The summed E-state index contributed by atoms with van der Waals surface area (Å²) in [5.74, 6) is -0.0644. The highest BCUT2D eigenvalue weighted by molar-refractivity contribution is 5.91. The molecule has 0 spiro atoms. The number of para-hydroxylation sites is 1. The predicted octanol–water partition coefficient (Wildman–Crippen LogP) is 2.07. The summed E-state index contributed by atoms with van der Waals surface area (Å²) in [5.41, 5.74) is 6.65. The van der Waals surface area contributed by atoms with Crippen LogP contribution in [0.3, 0.4) is 0 Å². The van der Waals surface area contributed by atoms with E-state index < -0.39 is 0 Å². The summed E-state index contributed by atoms with van der Waals surface area (Å²) in [6.07, 6.45) is 3.94. The Bertz CT molecular complexity index is 482. The van der Waals surface area contributed by atoms with Gasteiger partial charge in [0.15, 0.2) is 0 Å². The molecule has 2 unspecified atom stereocenters. The van der Waals surface area contributed by atoms with Crippen LogP contribution in [0.15, 0.2) is 30.3 Å². The molecule has 0 aliphatic heterocycles. The molecule has 0 bridgehead atoms. The molecule has 122 valence electrons. The van der Waals surface area contributed by atoms with Crippen molar-refractivity contribution in [2.75, 3.05) is 11.9 Å². The van der Waals surface area contributed by atoms with E-state index in [1.807, 2.05) is 30.3 Å². The van der Waals surface area contributed by atoms with E-state index in [-0.39, 0.29) is 42.6 Å². The van der Waals surface area contributed by atoms with Crippen LogP contribution in [0.2, 0.25) is 0 Å². The van der Waals surface area contributed by atoms with Crippen LogP contribution >= 0.6 is 12.4 Å². The van der Waals surface area contributed by atoms with Crippen molar-refractivity contribution in [2.45, 2.75) is 38.1 Å². The van der Waals surface area contributed by atoms with Crippen LogP contribution in [-0.4, -0.2) is 24.4 Å². The molecule has 6 heteroatoms. The van der Waals surface area contributed by atoms with E-state index >= 15 is 0 Å². The minimum atomic E-state index is -0.0955. The summed E-state index contributed by atoms with van der Waals surface area (Å²) >= 11 is 0. The lowest BCUT2D eigenvalue weighted by atomic mass is 9.85. The van der Waals surface area contributed by atoms with Gasteiger partial charge in [-0.15, -0.1) is 12.4 Å². The van der Waals surface area contributed by atoms with Crippen molar-refractivity contribution in [3.05, 3.63) is 30.3 Å². The van der Waals surface area contributed by atoms with Gasteiger partial charge in [-0.25, -0.2) is 0 Å². The number of nitrogens with one attached hydrogen (secondary N) is 2. The van der Waals surface area contributed by atoms with E-state index in [1.165, 1.54) is 0 Å². The normalized spacial score (nSPS) is 20.6. The van der Waals surface area contributed by atoms with E-state index in [2.05, 4.69) is 10.6 Å². The number of carbonyl (C=O) groups is 2. The monoisotopic (exact) mass is 325 g/mol. The lowest BCUT2D eigenvalue weighted by Gasteiger charge is -2.25. The van der Waals surface area contributed by atoms with E-state index in [9.17, 15) is 9.59 Å². The zero-order chi connectivity index (χ0) is 15.1. The van der Waals surface area contributed by atoms with Crippen molar-refractivity contribution in [1.29, 1.82) is 0 Å². The summed E-state index contributed by atoms with van der Waals surface area (Å²) in [4.78, 5) is 23.7. The van der Waals surface area contributed by atoms with Crippen molar-refractivity contribution in [2.24, 2.45) is 11.7 Å². The maximum atomic E-state index is 12.0. The number of amides is 2. The van der Waals surface area contributed by atoms with Crippen molar-refractivity contribution in [3.8, 4) is 0 Å². The number of nitrogens with two attached hydrogens (primary N) is 1. The van der Waals surface area contributed by atoms with Gasteiger partial charge in [0.25, 0.3) is 0 Å². The SMILES string of the molecule is Cl.NC1CCCC(C(=O)NCCC(=O)Nc2ccccc2)C1. The first-order chi connectivity index (χ1) is 10.1. The summed E-state index contributed by atoms with van der Waals surface area (Å²) < 4.78 is 0. The molecule has 4 N–H and O–H groups in total. The van der Waals surface area contributed by atoms with Crippen LogP contribution in [-0.2, 0) is 9.59 Å². The molecule has 1 aromatic carbocycles. The van der Waals surface area contributed by atoms with Crippen LogP contribution in [0.25, 0.3) is 0 Å².